The largest absolute Gasteiger partial charge is 0.493 e. The summed E-state index contributed by atoms with van der Waals surface area (Å²) < 4.78 is 11.2. The molecular formula is C16H27NO2. The van der Waals surface area contributed by atoms with Gasteiger partial charge in [0.05, 0.1) is 13.7 Å². The molecule has 0 aliphatic rings. The molecule has 0 saturated carbocycles. The summed E-state index contributed by atoms with van der Waals surface area (Å²) >= 11 is 0. The first-order valence-electron chi connectivity index (χ1n) is 7.09. The molecule has 0 amide bonds. The minimum atomic E-state index is 0.479. The van der Waals surface area contributed by atoms with E-state index in [9.17, 15) is 0 Å². The number of hydrogen-bond acceptors (Lipinski definition) is 3. The number of rotatable bonds is 8. The second-order valence-corrected chi connectivity index (χ2v) is 5.35. The normalized spacial score (nSPS) is 12.5. The van der Waals surface area contributed by atoms with Gasteiger partial charge < -0.3 is 14.8 Å². The third-order valence-electron chi connectivity index (χ3n) is 3.16. The maximum absolute atomic E-state index is 5.82. The van der Waals surface area contributed by atoms with E-state index < -0.39 is 0 Å². The van der Waals surface area contributed by atoms with E-state index in [1.54, 1.807) is 7.11 Å². The average molecular weight is 265 g/mol. The van der Waals surface area contributed by atoms with E-state index in [1.807, 2.05) is 12.1 Å². The van der Waals surface area contributed by atoms with Crippen molar-refractivity contribution in [3.05, 3.63) is 23.8 Å². The fourth-order valence-corrected chi connectivity index (χ4v) is 1.61. The number of methoxy groups -OCH3 is 1. The molecule has 0 heterocycles. The molecule has 1 N–H and O–H groups in total. The third-order valence-corrected chi connectivity index (χ3v) is 3.16. The van der Waals surface area contributed by atoms with Crippen LogP contribution in [0.1, 0.15) is 39.7 Å². The molecule has 0 aliphatic carbocycles. The van der Waals surface area contributed by atoms with Crippen LogP contribution in [-0.2, 0) is 6.54 Å². The van der Waals surface area contributed by atoms with E-state index in [-0.39, 0.29) is 0 Å². The van der Waals surface area contributed by atoms with E-state index >= 15 is 0 Å². The number of nitrogens with one attached hydrogen (secondary N) is 1. The maximum Gasteiger partial charge on any atom is 0.161 e. The molecule has 1 unspecified atom stereocenters. The summed E-state index contributed by atoms with van der Waals surface area (Å²) in [7, 11) is 1.69. The highest BCUT2D eigenvalue weighted by atomic mass is 16.5. The molecule has 0 aliphatic heterocycles. The summed E-state index contributed by atoms with van der Waals surface area (Å²) in [6.07, 6.45) is 1.12. The monoisotopic (exact) mass is 265 g/mol. The number of hydrogen-bond donors (Lipinski definition) is 1. The minimum absolute atomic E-state index is 0.479. The van der Waals surface area contributed by atoms with Crippen LogP contribution in [0.4, 0.5) is 0 Å². The number of benzene rings is 1. The predicted molar refractivity (Wildman–Crippen MR) is 79.9 cm³/mol. The average Bonchev–Trinajstić information content (AvgIpc) is 2.42. The molecular weight excluding hydrogens is 238 g/mol. The van der Waals surface area contributed by atoms with E-state index in [2.05, 4.69) is 39.1 Å². The number of ether oxygens (including phenoxy) is 2. The van der Waals surface area contributed by atoms with Crippen molar-refractivity contribution in [1.29, 1.82) is 0 Å². The lowest BCUT2D eigenvalue weighted by atomic mass is 10.1. The van der Waals surface area contributed by atoms with Gasteiger partial charge in [-0.2, -0.15) is 0 Å². The third kappa shape index (κ3) is 5.52. The second-order valence-electron chi connectivity index (χ2n) is 5.35. The van der Waals surface area contributed by atoms with Crippen LogP contribution < -0.4 is 14.8 Å². The predicted octanol–water partition coefficient (Wildman–Crippen LogP) is 3.62. The van der Waals surface area contributed by atoms with Crippen LogP contribution in [0.25, 0.3) is 0 Å². The molecule has 0 aromatic heterocycles. The van der Waals surface area contributed by atoms with Gasteiger partial charge in [-0.3, -0.25) is 0 Å². The van der Waals surface area contributed by atoms with Crippen molar-refractivity contribution >= 4 is 0 Å². The van der Waals surface area contributed by atoms with E-state index in [0.717, 1.165) is 31.1 Å². The van der Waals surface area contributed by atoms with Gasteiger partial charge in [-0.1, -0.05) is 40.2 Å². The van der Waals surface area contributed by atoms with Crippen molar-refractivity contribution in [3.63, 3.8) is 0 Å². The zero-order chi connectivity index (χ0) is 14.3. The van der Waals surface area contributed by atoms with Crippen LogP contribution in [0.5, 0.6) is 11.5 Å². The maximum atomic E-state index is 5.82. The molecule has 3 heteroatoms. The molecule has 0 spiro atoms. The Kier molecular flexibility index (Phi) is 6.71. The zero-order valence-electron chi connectivity index (χ0n) is 12.8. The zero-order valence-corrected chi connectivity index (χ0v) is 12.8. The Morgan fingerprint density at radius 1 is 1.16 bits per heavy atom. The lowest BCUT2D eigenvalue weighted by Crippen LogP contribution is -2.21. The molecule has 1 aromatic carbocycles. The second kappa shape index (κ2) is 8.05. The van der Waals surface area contributed by atoms with E-state index in [4.69, 9.17) is 9.47 Å². The highest BCUT2D eigenvalue weighted by molar-refractivity contribution is 5.42. The summed E-state index contributed by atoms with van der Waals surface area (Å²) in [5, 5.41) is 3.40. The van der Waals surface area contributed by atoms with Crippen molar-refractivity contribution in [3.8, 4) is 11.5 Å². The Morgan fingerprint density at radius 2 is 1.89 bits per heavy atom. The van der Waals surface area contributed by atoms with Crippen LogP contribution in [0.2, 0.25) is 0 Å². The fraction of sp³-hybridized carbons (Fsp3) is 0.625. The van der Waals surface area contributed by atoms with Crippen LogP contribution in [0.15, 0.2) is 18.2 Å². The van der Waals surface area contributed by atoms with Crippen molar-refractivity contribution in [1.82, 2.24) is 5.32 Å². The summed E-state index contributed by atoms with van der Waals surface area (Å²) in [6.45, 7) is 10.2. The Morgan fingerprint density at radius 3 is 2.47 bits per heavy atom. The summed E-state index contributed by atoms with van der Waals surface area (Å²) in [5.41, 5.74) is 1.21. The van der Waals surface area contributed by atoms with Gasteiger partial charge in [0.2, 0.25) is 0 Å². The van der Waals surface area contributed by atoms with Crippen molar-refractivity contribution in [2.24, 2.45) is 5.92 Å². The van der Waals surface area contributed by atoms with E-state index in [0.29, 0.717) is 12.0 Å². The molecule has 3 nitrogen and oxygen atoms in total. The van der Waals surface area contributed by atoms with Gasteiger partial charge >= 0.3 is 0 Å². The SMILES string of the molecule is CCC(C)COc1ccc(CNC(C)C)cc1OC. The van der Waals surface area contributed by atoms with Gasteiger partial charge in [-0.15, -0.1) is 0 Å². The Balaban J connectivity index is 2.67. The van der Waals surface area contributed by atoms with Crippen molar-refractivity contribution in [2.45, 2.75) is 46.7 Å². The standard InChI is InChI=1S/C16H27NO2/c1-6-13(4)11-19-15-8-7-14(9-16(15)18-5)10-17-12(2)3/h7-9,12-13,17H,6,10-11H2,1-5H3. The molecule has 19 heavy (non-hydrogen) atoms. The van der Waals surface area contributed by atoms with Crippen molar-refractivity contribution < 1.29 is 9.47 Å². The van der Waals surface area contributed by atoms with Gasteiger partial charge in [-0.05, 0) is 23.6 Å². The quantitative estimate of drug-likeness (QED) is 0.778. The van der Waals surface area contributed by atoms with Gasteiger partial charge in [0.15, 0.2) is 11.5 Å². The lowest BCUT2D eigenvalue weighted by Gasteiger charge is -2.15. The van der Waals surface area contributed by atoms with Gasteiger partial charge in [0, 0.05) is 12.6 Å². The molecule has 0 radical (unpaired) electrons. The molecule has 0 bridgehead atoms. The Hall–Kier alpha value is -1.22. The van der Waals surface area contributed by atoms with Crippen LogP contribution in [0, 0.1) is 5.92 Å². The molecule has 0 fully saturated rings. The van der Waals surface area contributed by atoms with Crippen LogP contribution in [-0.4, -0.2) is 19.8 Å². The van der Waals surface area contributed by atoms with E-state index in [1.165, 1.54) is 5.56 Å². The molecule has 1 rings (SSSR count). The molecule has 1 aromatic rings. The summed E-state index contributed by atoms with van der Waals surface area (Å²) in [4.78, 5) is 0. The Labute approximate surface area is 117 Å². The Bertz CT molecular complexity index is 377. The summed E-state index contributed by atoms with van der Waals surface area (Å²) in [6, 6.07) is 6.61. The van der Waals surface area contributed by atoms with Gasteiger partial charge in [-0.25, -0.2) is 0 Å². The highest BCUT2D eigenvalue weighted by Crippen LogP contribution is 2.28. The molecule has 1 atom stereocenters. The first-order chi connectivity index (χ1) is 9.06. The fourth-order valence-electron chi connectivity index (χ4n) is 1.61. The first kappa shape index (κ1) is 15.8. The lowest BCUT2D eigenvalue weighted by molar-refractivity contribution is 0.244. The van der Waals surface area contributed by atoms with Crippen LogP contribution in [0.3, 0.4) is 0 Å². The minimum Gasteiger partial charge on any atom is -0.493 e. The van der Waals surface area contributed by atoms with Crippen molar-refractivity contribution in [2.75, 3.05) is 13.7 Å². The van der Waals surface area contributed by atoms with Gasteiger partial charge in [0.25, 0.3) is 0 Å². The molecule has 0 saturated heterocycles. The molecule has 108 valence electrons. The smallest absolute Gasteiger partial charge is 0.161 e. The van der Waals surface area contributed by atoms with Gasteiger partial charge in [0.1, 0.15) is 0 Å². The highest BCUT2D eigenvalue weighted by Gasteiger charge is 2.08. The topological polar surface area (TPSA) is 30.5 Å². The summed E-state index contributed by atoms with van der Waals surface area (Å²) in [5.74, 6) is 2.20. The first-order valence-corrected chi connectivity index (χ1v) is 7.09. The van der Waals surface area contributed by atoms with Crippen LogP contribution >= 0.6 is 0 Å².